The van der Waals surface area contributed by atoms with Crippen molar-refractivity contribution >= 4 is 62.5 Å². The molecule has 0 radical (unpaired) electrons. The quantitative estimate of drug-likeness (QED) is 0.0111. The minimum Gasteiger partial charge on any atom is -0.508 e. The van der Waals surface area contributed by atoms with Gasteiger partial charge in [0.15, 0.2) is 0 Å². The Balaban J connectivity index is -0.000000297. The van der Waals surface area contributed by atoms with Gasteiger partial charge in [0, 0.05) is 105 Å². The zero-order valence-electron chi connectivity index (χ0n) is 67.4. The van der Waals surface area contributed by atoms with E-state index in [4.69, 9.17) is 91.5 Å². The molecule has 14 N–H and O–H groups in total. The Hall–Kier alpha value is -7.52. The van der Waals surface area contributed by atoms with Crippen LogP contribution in [0.3, 0.4) is 0 Å². The smallest absolute Gasteiger partial charge is 0.407 e. The summed E-state index contributed by atoms with van der Waals surface area (Å²) in [5.74, 6) is 18.3. The lowest BCUT2D eigenvalue weighted by molar-refractivity contribution is 0.0507. The summed E-state index contributed by atoms with van der Waals surface area (Å²) in [4.78, 5) is 33.6. The van der Waals surface area contributed by atoms with Gasteiger partial charge in [-0.25, -0.2) is 14.4 Å². The maximum absolute atomic E-state index is 11.5. The highest BCUT2D eigenvalue weighted by molar-refractivity contribution is 9.10. The average molecular weight is 1740 g/mol. The van der Waals surface area contributed by atoms with Crippen LogP contribution in [0.25, 0.3) is 0 Å². The van der Waals surface area contributed by atoms with Crippen molar-refractivity contribution in [1.29, 1.82) is 0 Å². The van der Waals surface area contributed by atoms with Crippen LogP contribution in [0.1, 0.15) is 197 Å². The molecule has 0 saturated carbocycles. The lowest BCUT2D eigenvalue weighted by Crippen LogP contribution is -2.34. The Labute approximate surface area is 701 Å². The van der Waals surface area contributed by atoms with Gasteiger partial charge in [-0.05, 0) is 230 Å². The van der Waals surface area contributed by atoms with E-state index >= 15 is 0 Å². The van der Waals surface area contributed by atoms with Crippen molar-refractivity contribution < 1.29 is 88.0 Å². The fourth-order valence-corrected chi connectivity index (χ4v) is 8.64. The van der Waals surface area contributed by atoms with Crippen molar-refractivity contribution in [2.75, 3.05) is 112 Å². The molecular weight excluding hydrogens is 1600 g/mol. The van der Waals surface area contributed by atoms with Crippen molar-refractivity contribution in [3.8, 4) is 64.8 Å². The highest BCUT2D eigenvalue weighted by Crippen LogP contribution is 2.20. The van der Waals surface area contributed by atoms with Crippen LogP contribution in [-0.2, 0) is 25.4 Å². The number of carbonyl (C=O) groups is 3. The predicted octanol–water partition coefficient (Wildman–Crippen LogP) is 16.0. The third-order valence-corrected chi connectivity index (χ3v) is 13.6. The lowest BCUT2D eigenvalue weighted by Gasteiger charge is -2.19. The number of aliphatic hydroxyl groups is 6. The number of benzene rings is 5. The number of hydrogen-bond acceptors (Lipinski definition) is 20. The number of aromatic hydroxyl groups is 1. The molecule has 5 aromatic carbocycles. The number of nitrogens with one attached hydrogen (secondary N) is 3. The molecule has 642 valence electrons. The maximum atomic E-state index is 11.5. The number of ether oxygens (including phenoxy) is 8. The first-order chi connectivity index (χ1) is 52.6. The number of unbranched alkanes of at least 4 members (excludes halogenated alkanes) is 9. The van der Waals surface area contributed by atoms with Crippen LogP contribution in [0.15, 0.2) is 130 Å². The molecule has 1 aliphatic rings. The number of rotatable bonds is 31. The fraction of sp³-hybridized carbons (Fsp3) is 0.552. The summed E-state index contributed by atoms with van der Waals surface area (Å²) in [5.41, 5.74) is 12.5. The van der Waals surface area contributed by atoms with E-state index < -0.39 is 35.1 Å². The van der Waals surface area contributed by atoms with E-state index in [0.29, 0.717) is 70.7 Å². The molecule has 23 nitrogen and oxygen atoms in total. The van der Waals surface area contributed by atoms with Gasteiger partial charge in [0.1, 0.15) is 72.0 Å². The summed E-state index contributed by atoms with van der Waals surface area (Å²) in [7, 11) is 0. The minimum absolute atomic E-state index is 0. The number of terminal acetylenes is 1. The maximum Gasteiger partial charge on any atom is 0.407 e. The molecule has 1 saturated heterocycles. The molecule has 0 bridgehead atoms. The fourth-order valence-electron chi connectivity index (χ4n) is 7.87. The van der Waals surface area contributed by atoms with Crippen LogP contribution >= 0.6 is 44.3 Å². The molecule has 0 spiro atoms. The molecular formula is C87H140Br2ClN5O18. The second kappa shape index (κ2) is 79.7. The number of hydrogen-bond donors (Lipinski definition) is 12. The minimum atomic E-state index is -0.505. The Bertz CT molecular complexity index is 3220. The number of nitrogens with two attached hydrogens (primary N) is 2. The number of aryl methyl sites for hydroxylation is 1. The van der Waals surface area contributed by atoms with E-state index in [1.807, 2.05) is 133 Å². The second-order valence-corrected chi connectivity index (χ2v) is 28.3. The number of phenolic OH excluding ortho intramolecular Hbond substituents is 1. The molecule has 0 aromatic heterocycles. The van der Waals surface area contributed by atoms with Gasteiger partial charge in [-0.15, -0.1) is 24.8 Å². The predicted molar refractivity (Wildman–Crippen MR) is 467 cm³/mol. The normalized spacial score (nSPS) is 10.4. The second-order valence-electron chi connectivity index (χ2n) is 26.5. The van der Waals surface area contributed by atoms with E-state index in [0.717, 1.165) is 128 Å². The summed E-state index contributed by atoms with van der Waals surface area (Å²) in [6.45, 7) is 25.1. The van der Waals surface area contributed by atoms with Crippen molar-refractivity contribution in [1.82, 2.24) is 16.0 Å². The number of amides is 3. The van der Waals surface area contributed by atoms with Crippen LogP contribution < -0.4 is 46.4 Å². The summed E-state index contributed by atoms with van der Waals surface area (Å²) >= 11 is 6.56. The molecule has 0 atom stereocenters. The molecule has 5 aromatic rings. The molecule has 1 aliphatic heterocycles. The van der Waals surface area contributed by atoms with E-state index in [2.05, 4.69) is 89.5 Å². The standard InChI is InChI=1S/C19H27NO4.C14H23NO2.C14H19NO2.C13H18BrNO3.C7H15NO3.C6H5BrO.C6H10O.C4H8O.C2H6O.2CH4.ClH/c1-19(2,3)24-18(22)20-12-14-23-17-11-8-10-16(15-17)9-6-4-5-7-13-21;2*15-9-11-17-14-8-5-7-13(12-14)6-3-1-2-4-10-16;1-13(2,3)18-12(16)15-7-8-17-11-6-4-5-10(14)9-11;1-7(2,3)11-6(10)8-4-5-9;7-5-2-1-3-6(8)4-5;1-2-3-4-5-6-7;1-2-4-5-3-1;1-2-3;;;/h8,10-11,15,21H,4-5,7,12-14H2,1-3H3,(H,20,22);5,7-8,12,16H,1-4,6,9-11,15H2;5,7-8,12,16H,1-2,4,9-11,15H2;4-6,9H,7-8H2,1-3H3,(H,15,16);9H,4-5H2,1-3H3,(H,8,10);1-4,8H;1,7H,3-6H2;1-4H2;3H,2H2,1H3;2*1H4;1H. The van der Waals surface area contributed by atoms with E-state index in [9.17, 15) is 14.4 Å². The lowest BCUT2D eigenvalue weighted by atomic mass is 10.1. The number of phenols is 1. The Morgan fingerprint density at radius 1 is 0.469 bits per heavy atom. The van der Waals surface area contributed by atoms with Gasteiger partial charge in [0.05, 0.1) is 19.7 Å². The summed E-state index contributed by atoms with van der Waals surface area (Å²) < 4.78 is 43.9. The van der Waals surface area contributed by atoms with E-state index in [-0.39, 0.29) is 66.8 Å². The molecule has 0 aliphatic carbocycles. The molecule has 26 heteroatoms. The van der Waals surface area contributed by atoms with Crippen LogP contribution in [-0.4, -0.2) is 183 Å². The van der Waals surface area contributed by atoms with Crippen molar-refractivity contribution in [3.63, 3.8) is 0 Å². The third-order valence-electron chi connectivity index (χ3n) is 12.6. The molecule has 113 heavy (non-hydrogen) atoms. The monoisotopic (exact) mass is 1740 g/mol. The number of aliphatic hydroxyl groups excluding tert-OH is 6. The van der Waals surface area contributed by atoms with Crippen molar-refractivity contribution in [3.05, 3.63) is 147 Å². The van der Waals surface area contributed by atoms with Gasteiger partial charge in [-0.2, -0.15) is 0 Å². The number of alkyl carbamates (subject to hydrolysis) is 3. The first kappa shape index (κ1) is 116. The largest absolute Gasteiger partial charge is 0.508 e. The van der Waals surface area contributed by atoms with Gasteiger partial charge in [0.25, 0.3) is 0 Å². The summed E-state index contributed by atoms with van der Waals surface area (Å²) in [6, 6.07) is 37.8. The van der Waals surface area contributed by atoms with Crippen molar-refractivity contribution in [2.24, 2.45) is 11.5 Å². The van der Waals surface area contributed by atoms with Gasteiger partial charge in [0.2, 0.25) is 0 Å². The van der Waals surface area contributed by atoms with Crippen molar-refractivity contribution in [2.45, 2.75) is 204 Å². The zero-order chi connectivity index (χ0) is 82.8. The van der Waals surface area contributed by atoms with Gasteiger partial charge >= 0.3 is 18.3 Å². The highest BCUT2D eigenvalue weighted by Gasteiger charge is 2.17. The first-order valence-corrected chi connectivity index (χ1v) is 39.1. The Kier molecular flexibility index (Phi) is 82.1. The number of halogens is 3. The van der Waals surface area contributed by atoms with Crippen LogP contribution in [0, 0.1) is 36.0 Å². The van der Waals surface area contributed by atoms with Gasteiger partial charge in [-0.1, -0.05) is 120 Å². The summed E-state index contributed by atoms with van der Waals surface area (Å²) in [6.07, 6.45) is 19.2. The zero-order valence-corrected chi connectivity index (χ0v) is 71.4. The highest BCUT2D eigenvalue weighted by atomic mass is 79.9. The first-order valence-electron chi connectivity index (χ1n) is 37.5. The topological polar surface area (TPSA) is 355 Å². The van der Waals surface area contributed by atoms with E-state index in [1.165, 1.54) is 31.2 Å². The van der Waals surface area contributed by atoms with Gasteiger partial charge < -0.3 is 101 Å². The van der Waals surface area contributed by atoms with Crippen LogP contribution in [0.4, 0.5) is 14.4 Å². The third kappa shape index (κ3) is 85.2. The SMILES string of the molecule is C.C.C#CCCCCO.C1CCOC1.CC(C)(C)OC(=O)NCCO.CC(C)(C)OC(=O)NCCOc1cccc(Br)c1.CC(C)(C)OC(=O)NCCOc1cccc(C#CCCCCO)c1.CCO.Cl.NCCOc1cccc(C#CCCCCO)c1.NCCOc1cccc(CCCCCCO)c1.Oc1cccc(Br)c1. The average Bonchev–Trinajstić information content (AvgIpc) is 1.12. The Morgan fingerprint density at radius 3 is 1.18 bits per heavy atom. The van der Waals surface area contributed by atoms with Crippen LogP contribution in [0.5, 0.6) is 28.7 Å². The molecule has 1 fully saturated rings. The molecule has 1 heterocycles. The molecule has 6 rings (SSSR count). The molecule has 0 unspecified atom stereocenters. The Morgan fingerprint density at radius 2 is 0.823 bits per heavy atom. The number of carbonyl (C=O) groups excluding carboxylic acids is 3. The molecule has 3 amide bonds. The summed E-state index contributed by atoms with van der Waals surface area (Å²) in [5, 5.41) is 66.6. The van der Waals surface area contributed by atoms with E-state index in [1.54, 1.807) is 45.9 Å². The van der Waals surface area contributed by atoms with Gasteiger partial charge in [-0.3, -0.25) is 0 Å². The van der Waals surface area contributed by atoms with Crippen LogP contribution in [0.2, 0.25) is 0 Å².